The Bertz CT molecular complexity index is 964. The van der Waals surface area contributed by atoms with E-state index in [2.05, 4.69) is 25.5 Å². The number of carbonyl (C=O) groups is 2. The van der Waals surface area contributed by atoms with Gasteiger partial charge in [-0.15, -0.1) is 0 Å². The SMILES string of the molecule is CCc1cc2ncc(CN3CCN(C(=O)[C@@H]4CNC(=O)N4)CC3)cc2[nH]c1=O. The molecule has 0 aliphatic carbocycles. The van der Waals surface area contributed by atoms with Crippen LogP contribution in [0.25, 0.3) is 11.0 Å². The molecule has 9 nitrogen and oxygen atoms in total. The monoisotopic (exact) mass is 384 g/mol. The van der Waals surface area contributed by atoms with Crippen LogP contribution in [-0.2, 0) is 17.8 Å². The third-order valence-corrected chi connectivity index (χ3v) is 5.37. The van der Waals surface area contributed by atoms with E-state index in [0.29, 0.717) is 32.6 Å². The van der Waals surface area contributed by atoms with E-state index in [1.807, 2.05) is 25.3 Å². The lowest BCUT2D eigenvalue weighted by atomic mass is 10.1. The molecule has 9 heteroatoms. The highest BCUT2D eigenvalue weighted by Gasteiger charge is 2.32. The second kappa shape index (κ2) is 7.59. The maximum atomic E-state index is 12.5. The van der Waals surface area contributed by atoms with Crippen LogP contribution in [0.5, 0.6) is 0 Å². The third-order valence-electron chi connectivity index (χ3n) is 5.37. The first kappa shape index (κ1) is 18.4. The van der Waals surface area contributed by atoms with Crippen LogP contribution in [0.3, 0.4) is 0 Å². The Kier molecular flexibility index (Phi) is 4.99. The zero-order chi connectivity index (χ0) is 19.7. The lowest BCUT2D eigenvalue weighted by molar-refractivity contribution is -0.134. The number of amides is 3. The van der Waals surface area contributed by atoms with Crippen molar-refractivity contribution in [3.05, 3.63) is 39.8 Å². The molecule has 2 aliphatic rings. The molecule has 2 fully saturated rings. The van der Waals surface area contributed by atoms with Gasteiger partial charge in [0, 0.05) is 51.0 Å². The Hall–Kier alpha value is -2.94. The minimum atomic E-state index is -0.464. The van der Waals surface area contributed by atoms with Crippen LogP contribution in [0.15, 0.2) is 23.1 Å². The van der Waals surface area contributed by atoms with Crippen LogP contribution >= 0.6 is 0 Å². The first-order valence-electron chi connectivity index (χ1n) is 9.60. The number of H-pyrrole nitrogens is 1. The van der Waals surface area contributed by atoms with Gasteiger partial charge in [0.2, 0.25) is 5.91 Å². The molecule has 0 radical (unpaired) electrons. The van der Waals surface area contributed by atoms with Crippen molar-refractivity contribution in [1.82, 2.24) is 30.4 Å². The Morgan fingerprint density at radius 3 is 2.68 bits per heavy atom. The van der Waals surface area contributed by atoms with Gasteiger partial charge in [0.15, 0.2) is 0 Å². The number of piperazine rings is 1. The van der Waals surface area contributed by atoms with E-state index in [4.69, 9.17) is 0 Å². The number of rotatable bonds is 4. The largest absolute Gasteiger partial charge is 0.338 e. The maximum absolute atomic E-state index is 12.5. The van der Waals surface area contributed by atoms with E-state index in [9.17, 15) is 14.4 Å². The molecule has 0 saturated carbocycles. The van der Waals surface area contributed by atoms with E-state index in [1.54, 1.807) is 4.90 Å². The molecular formula is C19H24N6O3. The molecule has 0 bridgehead atoms. The van der Waals surface area contributed by atoms with Crippen molar-refractivity contribution >= 4 is 23.0 Å². The normalized spacial score (nSPS) is 20.2. The molecular weight excluding hydrogens is 360 g/mol. The van der Waals surface area contributed by atoms with E-state index in [-0.39, 0.29) is 17.5 Å². The van der Waals surface area contributed by atoms with E-state index in [1.165, 1.54) is 0 Å². The van der Waals surface area contributed by atoms with Gasteiger partial charge in [-0.3, -0.25) is 19.5 Å². The molecule has 1 atom stereocenters. The minimum absolute atomic E-state index is 0.0327. The van der Waals surface area contributed by atoms with Gasteiger partial charge in [0.1, 0.15) is 6.04 Å². The quantitative estimate of drug-likeness (QED) is 0.677. The van der Waals surface area contributed by atoms with Gasteiger partial charge in [-0.2, -0.15) is 0 Å². The van der Waals surface area contributed by atoms with E-state index >= 15 is 0 Å². The Balaban J connectivity index is 1.37. The predicted molar refractivity (Wildman–Crippen MR) is 104 cm³/mol. The summed E-state index contributed by atoms with van der Waals surface area (Å²) in [5.74, 6) is -0.0327. The van der Waals surface area contributed by atoms with E-state index < -0.39 is 6.04 Å². The number of urea groups is 1. The van der Waals surface area contributed by atoms with Crippen molar-refractivity contribution in [2.75, 3.05) is 32.7 Å². The van der Waals surface area contributed by atoms with Crippen LogP contribution in [0, 0.1) is 0 Å². The van der Waals surface area contributed by atoms with Gasteiger partial charge in [0.25, 0.3) is 5.56 Å². The number of nitrogens with zero attached hydrogens (tertiary/aromatic N) is 3. The molecule has 0 unspecified atom stereocenters. The van der Waals surface area contributed by atoms with Crippen LogP contribution < -0.4 is 16.2 Å². The van der Waals surface area contributed by atoms with Gasteiger partial charge >= 0.3 is 6.03 Å². The predicted octanol–water partition coefficient (Wildman–Crippen LogP) is -0.189. The topological polar surface area (TPSA) is 110 Å². The Labute approximate surface area is 162 Å². The molecule has 0 aromatic carbocycles. The Morgan fingerprint density at radius 1 is 1.21 bits per heavy atom. The van der Waals surface area contributed by atoms with Crippen LogP contribution in [-0.4, -0.2) is 70.5 Å². The van der Waals surface area contributed by atoms with Crippen molar-refractivity contribution in [2.24, 2.45) is 0 Å². The average molecular weight is 384 g/mol. The number of aromatic nitrogens is 2. The van der Waals surface area contributed by atoms with E-state index in [0.717, 1.165) is 35.2 Å². The first-order chi connectivity index (χ1) is 13.5. The number of carbonyl (C=O) groups excluding carboxylic acids is 2. The van der Waals surface area contributed by atoms with Crippen LogP contribution in [0.4, 0.5) is 4.79 Å². The second-order valence-corrected chi connectivity index (χ2v) is 7.26. The summed E-state index contributed by atoms with van der Waals surface area (Å²) in [4.78, 5) is 47.2. The molecule has 2 aliphatic heterocycles. The number of nitrogens with one attached hydrogen (secondary N) is 3. The van der Waals surface area contributed by atoms with Crippen molar-refractivity contribution in [3.8, 4) is 0 Å². The van der Waals surface area contributed by atoms with Crippen molar-refractivity contribution < 1.29 is 9.59 Å². The van der Waals surface area contributed by atoms with Gasteiger partial charge in [-0.25, -0.2) is 4.79 Å². The summed E-state index contributed by atoms with van der Waals surface area (Å²) in [6, 6.07) is 3.07. The average Bonchev–Trinajstić information content (AvgIpc) is 3.14. The molecule has 3 amide bonds. The molecule has 4 heterocycles. The summed E-state index contributed by atoms with van der Waals surface area (Å²) < 4.78 is 0. The fourth-order valence-corrected chi connectivity index (χ4v) is 3.73. The second-order valence-electron chi connectivity index (χ2n) is 7.26. The number of hydrogen-bond acceptors (Lipinski definition) is 5. The molecule has 148 valence electrons. The number of fused-ring (bicyclic) bond motifs is 1. The van der Waals surface area contributed by atoms with Crippen molar-refractivity contribution in [1.29, 1.82) is 0 Å². The minimum Gasteiger partial charge on any atom is -0.338 e. The number of aryl methyl sites for hydroxylation is 1. The highest BCUT2D eigenvalue weighted by molar-refractivity contribution is 5.90. The highest BCUT2D eigenvalue weighted by atomic mass is 16.2. The maximum Gasteiger partial charge on any atom is 0.315 e. The fraction of sp³-hybridized carbons (Fsp3) is 0.474. The lowest BCUT2D eigenvalue weighted by Crippen LogP contribution is -2.53. The fourth-order valence-electron chi connectivity index (χ4n) is 3.73. The summed E-state index contributed by atoms with van der Waals surface area (Å²) in [7, 11) is 0. The number of aromatic amines is 1. The van der Waals surface area contributed by atoms with Crippen LogP contribution in [0.1, 0.15) is 18.1 Å². The first-order valence-corrected chi connectivity index (χ1v) is 9.60. The summed E-state index contributed by atoms with van der Waals surface area (Å²) in [6.45, 7) is 5.77. The van der Waals surface area contributed by atoms with Gasteiger partial charge < -0.3 is 20.5 Å². The molecule has 2 saturated heterocycles. The summed E-state index contributed by atoms with van der Waals surface area (Å²) >= 11 is 0. The smallest absolute Gasteiger partial charge is 0.315 e. The lowest BCUT2D eigenvalue weighted by Gasteiger charge is -2.35. The van der Waals surface area contributed by atoms with Gasteiger partial charge in [-0.1, -0.05) is 6.92 Å². The zero-order valence-corrected chi connectivity index (χ0v) is 15.8. The van der Waals surface area contributed by atoms with Crippen molar-refractivity contribution in [3.63, 3.8) is 0 Å². The standard InChI is InChI=1S/C19H24N6O3/c1-2-13-8-14-15(22-17(13)26)7-12(9-20-14)11-24-3-5-25(6-4-24)18(27)16-10-21-19(28)23-16/h7-9,16H,2-6,10-11H2,1H3,(H,22,26)(H2,21,23,28)/t16-/m0/s1. The molecule has 2 aromatic rings. The summed E-state index contributed by atoms with van der Waals surface area (Å²) in [5.41, 5.74) is 3.25. The third kappa shape index (κ3) is 3.70. The van der Waals surface area contributed by atoms with Gasteiger partial charge in [-0.05, 0) is 24.1 Å². The summed E-state index contributed by atoms with van der Waals surface area (Å²) in [6.07, 6.45) is 2.52. The number of hydrogen-bond donors (Lipinski definition) is 3. The number of pyridine rings is 2. The summed E-state index contributed by atoms with van der Waals surface area (Å²) in [5, 5.41) is 5.26. The zero-order valence-electron chi connectivity index (χ0n) is 15.8. The van der Waals surface area contributed by atoms with Crippen molar-refractivity contribution in [2.45, 2.75) is 25.9 Å². The Morgan fingerprint density at radius 2 is 2.00 bits per heavy atom. The molecule has 4 rings (SSSR count). The van der Waals surface area contributed by atoms with Gasteiger partial charge in [0.05, 0.1) is 11.0 Å². The molecule has 28 heavy (non-hydrogen) atoms. The molecule has 0 spiro atoms. The molecule has 3 N–H and O–H groups in total. The highest BCUT2D eigenvalue weighted by Crippen LogP contribution is 2.14. The van der Waals surface area contributed by atoms with Crippen LogP contribution in [0.2, 0.25) is 0 Å². The molecule has 2 aromatic heterocycles.